The van der Waals surface area contributed by atoms with Gasteiger partial charge in [-0.2, -0.15) is 0 Å². The third-order valence-electron chi connectivity index (χ3n) is 5.51. The topological polar surface area (TPSA) is 49.9 Å². The summed E-state index contributed by atoms with van der Waals surface area (Å²) in [4.78, 5) is 10.4. The molecule has 1 aromatic heterocycles. The van der Waals surface area contributed by atoms with E-state index in [1.54, 1.807) is 18.2 Å². The summed E-state index contributed by atoms with van der Waals surface area (Å²) in [6.07, 6.45) is 7.97. The molecule has 2 aromatic carbocycles. The molecule has 0 amide bonds. The maximum Gasteiger partial charge on any atom is 0.211 e. The molecule has 2 heterocycles. The van der Waals surface area contributed by atoms with Crippen molar-refractivity contribution in [1.82, 2.24) is 4.57 Å². The van der Waals surface area contributed by atoms with Crippen LogP contribution in [0.5, 0.6) is 5.88 Å². The first kappa shape index (κ1) is 19.5. The number of rotatable bonds is 3. The number of aliphatic imine (C=N–C) groups is 1. The van der Waals surface area contributed by atoms with Crippen LogP contribution < -0.4 is 4.80 Å². The average molecular weight is 484 g/mol. The highest BCUT2D eigenvalue weighted by atomic mass is 79.9. The minimum Gasteiger partial charge on any atom is -0.493 e. The quantitative estimate of drug-likeness (QED) is 0.439. The Morgan fingerprint density at radius 3 is 2.80 bits per heavy atom. The Morgan fingerprint density at radius 1 is 1.20 bits per heavy atom. The van der Waals surface area contributed by atoms with E-state index in [1.807, 2.05) is 35.1 Å². The molecule has 2 aliphatic rings. The van der Waals surface area contributed by atoms with Crippen LogP contribution in [0.3, 0.4) is 0 Å². The molecule has 1 saturated carbocycles. The van der Waals surface area contributed by atoms with E-state index >= 15 is 0 Å². The van der Waals surface area contributed by atoms with Crippen molar-refractivity contribution in [2.75, 3.05) is 0 Å². The van der Waals surface area contributed by atoms with Crippen molar-refractivity contribution in [1.29, 1.82) is 0 Å². The lowest BCUT2D eigenvalue weighted by Crippen LogP contribution is -2.18. The lowest BCUT2D eigenvalue weighted by atomic mass is 10.1. The van der Waals surface area contributed by atoms with Crippen LogP contribution in [-0.2, 0) is 0 Å². The summed E-state index contributed by atoms with van der Waals surface area (Å²) in [5, 5.41) is 11.1. The van der Waals surface area contributed by atoms with Gasteiger partial charge in [-0.15, -0.1) is 0 Å². The molecule has 0 radical (unpaired) electrons. The largest absolute Gasteiger partial charge is 0.493 e. The van der Waals surface area contributed by atoms with E-state index in [0.717, 1.165) is 47.0 Å². The van der Waals surface area contributed by atoms with Crippen LogP contribution in [0, 0.1) is 5.82 Å². The Bertz CT molecular complexity index is 1250. The van der Waals surface area contributed by atoms with E-state index in [9.17, 15) is 9.50 Å². The Morgan fingerprint density at radius 2 is 2.00 bits per heavy atom. The Labute approximate surface area is 185 Å². The number of halogens is 2. The van der Waals surface area contributed by atoms with Gasteiger partial charge in [0.05, 0.1) is 10.6 Å². The Balaban J connectivity index is 1.66. The summed E-state index contributed by atoms with van der Waals surface area (Å²) in [5.74, 6) is -0.184. The van der Waals surface area contributed by atoms with E-state index in [1.165, 1.54) is 17.4 Å². The van der Waals surface area contributed by atoms with Gasteiger partial charge in [-0.3, -0.25) is 9.56 Å². The SMILES string of the molecule is Oc1c(/C=C2\C=Nc3ccc(Br)cc32)sc(=Nc2ccccc2F)n1C1CCCC1. The van der Waals surface area contributed by atoms with Crippen LogP contribution in [0.4, 0.5) is 15.8 Å². The smallest absolute Gasteiger partial charge is 0.211 e. The van der Waals surface area contributed by atoms with Gasteiger partial charge in [0.25, 0.3) is 0 Å². The predicted molar refractivity (Wildman–Crippen MR) is 123 cm³/mol. The summed E-state index contributed by atoms with van der Waals surface area (Å²) >= 11 is 4.88. The number of allylic oxidation sites excluding steroid dienone is 1. The van der Waals surface area contributed by atoms with E-state index < -0.39 is 0 Å². The van der Waals surface area contributed by atoms with Crippen molar-refractivity contribution in [2.45, 2.75) is 31.7 Å². The fraction of sp³-hybridized carbons (Fsp3) is 0.217. The van der Waals surface area contributed by atoms with Gasteiger partial charge in [-0.05, 0) is 49.2 Å². The number of aromatic nitrogens is 1. The van der Waals surface area contributed by atoms with E-state index in [-0.39, 0.29) is 23.4 Å². The fourth-order valence-electron chi connectivity index (χ4n) is 4.03. The van der Waals surface area contributed by atoms with E-state index in [2.05, 4.69) is 25.9 Å². The first-order chi connectivity index (χ1) is 14.6. The molecule has 0 unspecified atom stereocenters. The monoisotopic (exact) mass is 483 g/mol. The fourth-order valence-corrected chi connectivity index (χ4v) is 5.44. The van der Waals surface area contributed by atoms with Crippen LogP contribution in [0.25, 0.3) is 11.6 Å². The van der Waals surface area contributed by atoms with Crippen molar-refractivity contribution in [3.63, 3.8) is 0 Å². The van der Waals surface area contributed by atoms with Crippen molar-refractivity contribution >= 4 is 56.5 Å². The predicted octanol–water partition coefficient (Wildman–Crippen LogP) is 6.76. The van der Waals surface area contributed by atoms with Gasteiger partial charge in [0.2, 0.25) is 5.88 Å². The third-order valence-corrected chi connectivity index (χ3v) is 7.00. The molecule has 152 valence electrons. The molecule has 1 N–H and O–H groups in total. The van der Waals surface area contributed by atoms with Gasteiger partial charge in [-0.1, -0.05) is 52.2 Å². The molecule has 30 heavy (non-hydrogen) atoms. The second-order valence-electron chi connectivity index (χ2n) is 7.46. The second kappa shape index (κ2) is 7.96. The highest BCUT2D eigenvalue weighted by Crippen LogP contribution is 2.38. The van der Waals surface area contributed by atoms with Crippen molar-refractivity contribution < 1.29 is 9.50 Å². The number of hydrogen-bond donors (Lipinski definition) is 1. The molecule has 0 bridgehead atoms. The van der Waals surface area contributed by atoms with E-state index in [4.69, 9.17) is 0 Å². The first-order valence-electron chi connectivity index (χ1n) is 9.89. The number of para-hydroxylation sites is 1. The maximum absolute atomic E-state index is 14.2. The minimum atomic E-state index is -0.370. The summed E-state index contributed by atoms with van der Waals surface area (Å²) in [6, 6.07) is 12.6. The number of thiazole rings is 1. The number of hydrogen-bond acceptors (Lipinski definition) is 4. The van der Waals surface area contributed by atoms with Gasteiger partial charge in [0, 0.05) is 27.9 Å². The molecule has 0 atom stereocenters. The zero-order valence-corrected chi connectivity index (χ0v) is 18.5. The van der Waals surface area contributed by atoms with Crippen LogP contribution in [-0.4, -0.2) is 15.9 Å². The molecule has 5 rings (SSSR count). The molecule has 1 fully saturated rings. The molecular weight excluding hydrogens is 465 g/mol. The van der Waals surface area contributed by atoms with Crippen LogP contribution in [0.1, 0.15) is 42.2 Å². The summed E-state index contributed by atoms with van der Waals surface area (Å²) in [6.45, 7) is 0. The normalized spacial score (nSPS) is 17.9. The van der Waals surface area contributed by atoms with Crippen LogP contribution in [0.15, 0.2) is 56.9 Å². The van der Waals surface area contributed by atoms with E-state index in [0.29, 0.717) is 9.68 Å². The number of aromatic hydroxyl groups is 1. The number of fused-ring (bicyclic) bond motifs is 1. The van der Waals surface area contributed by atoms with Crippen LogP contribution >= 0.6 is 27.3 Å². The summed E-state index contributed by atoms with van der Waals surface area (Å²) in [5.41, 5.74) is 3.12. The highest BCUT2D eigenvalue weighted by Gasteiger charge is 2.24. The highest BCUT2D eigenvalue weighted by molar-refractivity contribution is 9.10. The van der Waals surface area contributed by atoms with Gasteiger partial charge >= 0.3 is 0 Å². The average Bonchev–Trinajstić information content (AvgIpc) is 3.45. The third kappa shape index (κ3) is 3.56. The summed E-state index contributed by atoms with van der Waals surface area (Å²) in [7, 11) is 0. The van der Waals surface area contributed by atoms with Crippen LogP contribution in [0.2, 0.25) is 0 Å². The summed E-state index contributed by atoms with van der Waals surface area (Å²) < 4.78 is 17.1. The molecule has 3 aromatic rings. The van der Waals surface area contributed by atoms with Gasteiger partial charge in [0.15, 0.2) is 4.80 Å². The zero-order chi connectivity index (χ0) is 20.7. The molecule has 1 aliphatic carbocycles. The lowest BCUT2D eigenvalue weighted by Gasteiger charge is -2.12. The first-order valence-corrected chi connectivity index (χ1v) is 11.5. The Hall–Kier alpha value is -2.51. The molecule has 1 aliphatic heterocycles. The maximum atomic E-state index is 14.2. The number of benzene rings is 2. The number of nitrogens with zero attached hydrogens (tertiary/aromatic N) is 3. The van der Waals surface area contributed by atoms with Crippen molar-refractivity contribution in [3.05, 3.63) is 68.0 Å². The van der Waals surface area contributed by atoms with Gasteiger partial charge in [0.1, 0.15) is 11.5 Å². The van der Waals surface area contributed by atoms with Gasteiger partial charge < -0.3 is 5.11 Å². The molecule has 7 heteroatoms. The zero-order valence-electron chi connectivity index (χ0n) is 16.1. The molecule has 4 nitrogen and oxygen atoms in total. The second-order valence-corrected chi connectivity index (χ2v) is 9.39. The van der Waals surface area contributed by atoms with Gasteiger partial charge in [-0.25, -0.2) is 9.38 Å². The standard InChI is InChI=1S/C23H19BrFN3OS/c24-15-9-10-19-17(12-15)14(13-26-19)11-21-22(29)28(16-5-1-2-6-16)23(30-21)27-20-8-4-3-7-18(20)25/h3-4,7-13,16,29H,1-2,5-6H2/b14-11+,27-23?. The Kier molecular flexibility index (Phi) is 5.16. The van der Waals surface area contributed by atoms with Crippen molar-refractivity contribution in [3.8, 4) is 5.88 Å². The molecular formula is C23H19BrFN3OS. The van der Waals surface area contributed by atoms with Crippen molar-refractivity contribution in [2.24, 2.45) is 9.98 Å². The minimum absolute atomic E-state index is 0.178. The molecule has 0 saturated heterocycles. The lowest BCUT2D eigenvalue weighted by molar-refractivity contribution is 0.375. The molecule has 0 spiro atoms.